The van der Waals surface area contributed by atoms with E-state index in [1.165, 1.54) is 11.1 Å². The van der Waals surface area contributed by atoms with Crippen LogP contribution in [0.3, 0.4) is 0 Å². The van der Waals surface area contributed by atoms with E-state index in [9.17, 15) is 0 Å². The van der Waals surface area contributed by atoms with Crippen molar-refractivity contribution < 1.29 is 4.74 Å². The Morgan fingerprint density at radius 2 is 1.47 bits per heavy atom. The van der Waals surface area contributed by atoms with Crippen molar-refractivity contribution in [2.24, 2.45) is 0 Å². The van der Waals surface area contributed by atoms with Gasteiger partial charge in [-0.2, -0.15) is 0 Å². The van der Waals surface area contributed by atoms with Gasteiger partial charge < -0.3 is 4.74 Å². The molecule has 1 nitrogen and oxygen atoms in total. The van der Waals surface area contributed by atoms with Gasteiger partial charge in [-0.15, -0.1) is 0 Å². The van der Waals surface area contributed by atoms with Gasteiger partial charge in [-0.05, 0) is 47.8 Å². The molecule has 0 atom stereocenters. The lowest BCUT2D eigenvalue weighted by molar-refractivity contribution is 0.325. The third kappa shape index (κ3) is 3.52. The number of benzene rings is 1. The van der Waals surface area contributed by atoms with Crippen LogP contribution in [0.25, 0.3) is 0 Å². The van der Waals surface area contributed by atoms with Crippen molar-refractivity contribution in [2.45, 2.75) is 72.1 Å². The molecule has 19 heavy (non-hydrogen) atoms. The predicted molar refractivity (Wildman–Crippen MR) is 84.2 cm³/mol. The van der Waals surface area contributed by atoms with E-state index in [-0.39, 0.29) is 10.8 Å². The summed E-state index contributed by atoms with van der Waals surface area (Å²) < 4.78 is 5.91. The first-order chi connectivity index (χ1) is 8.78. The van der Waals surface area contributed by atoms with E-state index < -0.39 is 0 Å². The second-order valence-corrected chi connectivity index (χ2v) is 6.62. The van der Waals surface area contributed by atoms with Crippen molar-refractivity contribution in [3.05, 3.63) is 29.3 Å². The molecule has 0 bridgehead atoms. The van der Waals surface area contributed by atoms with Gasteiger partial charge in [-0.25, -0.2) is 0 Å². The van der Waals surface area contributed by atoms with Gasteiger partial charge in [0, 0.05) is 0 Å². The zero-order valence-electron chi connectivity index (χ0n) is 13.8. The third-order valence-corrected chi connectivity index (χ3v) is 4.56. The Morgan fingerprint density at radius 3 is 1.95 bits per heavy atom. The van der Waals surface area contributed by atoms with E-state index >= 15 is 0 Å². The van der Waals surface area contributed by atoms with Crippen molar-refractivity contribution in [1.82, 2.24) is 0 Å². The summed E-state index contributed by atoms with van der Waals surface area (Å²) in [5, 5.41) is 0. The van der Waals surface area contributed by atoms with Crippen LogP contribution in [-0.4, -0.2) is 6.61 Å². The lowest BCUT2D eigenvalue weighted by Gasteiger charge is -2.29. The molecular formula is C18H30O. The van der Waals surface area contributed by atoms with E-state index in [4.69, 9.17) is 4.74 Å². The van der Waals surface area contributed by atoms with E-state index in [1.54, 1.807) is 0 Å². The zero-order chi connectivity index (χ0) is 14.7. The highest BCUT2D eigenvalue weighted by Gasteiger charge is 2.25. The molecule has 0 N–H and O–H groups in total. The predicted octanol–water partition coefficient (Wildman–Crippen LogP) is 5.46. The van der Waals surface area contributed by atoms with Crippen molar-refractivity contribution in [1.29, 1.82) is 0 Å². The van der Waals surface area contributed by atoms with Gasteiger partial charge in [0.1, 0.15) is 5.75 Å². The van der Waals surface area contributed by atoms with E-state index in [0.717, 1.165) is 25.2 Å². The standard InChI is InChI=1S/C18H30O/c1-8-17(4,5)14-11-12-15(18(6,7)9-2)16(13-14)19-10-3/h11-13H,8-10H2,1-7H3. The van der Waals surface area contributed by atoms with Crippen molar-refractivity contribution in [3.8, 4) is 5.75 Å². The summed E-state index contributed by atoms with van der Waals surface area (Å²) in [4.78, 5) is 0. The fourth-order valence-electron chi connectivity index (χ4n) is 2.17. The van der Waals surface area contributed by atoms with Crippen LogP contribution in [0.1, 0.15) is 72.4 Å². The fraction of sp³-hybridized carbons (Fsp3) is 0.667. The largest absolute Gasteiger partial charge is 0.494 e. The first-order valence-electron chi connectivity index (χ1n) is 7.56. The molecule has 0 saturated carbocycles. The van der Waals surface area contributed by atoms with Crippen LogP contribution in [0.15, 0.2) is 18.2 Å². The molecule has 0 heterocycles. The number of hydrogen-bond acceptors (Lipinski definition) is 1. The molecule has 0 saturated heterocycles. The smallest absolute Gasteiger partial charge is 0.123 e. The molecule has 0 aliphatic rings. The maximum absolute atomic E-state index is 5.91. The molecule has 0 unspecified atom stereocenters. The second kappa shape index (κ2) is 5.98. The summed E-state index contributed by atoms with van der Waals surface area (Å²) in [6.45, 7) is 16.4. The van der Waals surface area contributed by atoms with Crippen molar-refractivity contribution in [2.75, 3.05) is 6.61 Å². The Bertz CT molecular complexity index is 416. The van der Waals surface area contributed by atoms with Gasteiger partial charge in [0.2, 0.25) is 0 Å². The Morgan fingerprint density at radius 1 is 0.895 bits per heavy atom. The van der Waals surface area contributed by atoms with Crippen LogP contribution < -0.4 is 4.74 Å². The Labute approximate surface area is 119 Å². The van der Waals surface area contributed by atoms with Gasteiger partial charge >= 0.3 is 0 Å². The molecule has 0 radical (unpaired) electrons. The molecule has 1 heteroatoms. The van der Waals surface area contributed by atoms with Gasteiger partial charge in [-0.1, -0.05) is 53.7 Å². The Kier molecular flexibility index (Phi) is 5.06. The zero-order valence-corrected chi connectivity index (χ0v) is 13.8. The quantitative estimate of drug-likeness (QED) is 0.661. The van der Waals surface area contributed by atoms with Gasteiger partial charge in [0.25, 0.3) is 0 Å². The fourth-order valence-corrected chi connectivity index (χ4v) is 2.17. The molecule has 0 aliphatic carbocycles. The van der Waals surface area contributed by atoms with E-state index in [0.29, 0.717) is 0 Å². The van der Waals surface area contributed by atoms with E-state index in [2.05, 4.69) is 66.7 Å². The highest BCUT2D eigenvalue weighted by atomic mass is 16.5. The summed E-state index contributed by atoms with van der Waals surface area (Å²) in [6.07, 6.45) is 2.25. The molecule has 0 amide bonds. The van der Waals surface area contributed by atoms with Crippen LogP contribution in [0, 0.1) is 0 Å². The molecule has 1 rings (SSSR count). The number of ether oxygens (including phenoxy) is 1. The molecule has 1 aromatic carbocycles. The van der Waals surface area contributed by atoms with Crippen LogP contribution in [-0.2, 0) is 10.8 Å². The molecule has 0 aliphatic heterocycles. The first-order valence-corrected chi connectivity index (χ1v) is 7.56. The minimum atomic E-state index is 0.166. The normalized spacial score (nSPS) is 12.6. The van der Waals surface area contributed by atoms with Crippen molar-refractivity contribution >= 4 is 0 Å². The molecule has 1 aromatic rings. The average Bonchev–Trinajstić information content (AvgIpc) is 2.39. The summed E-state index contributed by atoms with van der Waals surface area (Å²) >= 11 is 0. The highest BCUT2D eigenvalue weighted by Crippen LogP contribution is 2.38. The third-order valence-electron chi connectivity index (χ3n) is 4.56. The maximum Gasteiger partial charge on any atom is 0.123 e. The van der Waals surface area contributed by atoms with E-state index in [1.807, 2.05) is 0 Å². The molecule has 0 aromatic heterocycles. The van der Waals surface area contributed by atoms with Gasteiger partial charge in [0.05, 0.1) is 6.61 Å². The summed E-state index contributed by atoms with van der Waals surface area (Å²) in [7, 11) is 0. The second-order valence-electron chi connectivity index (χ2n) is 6.62. The molecule has 108 valence electrons. The monoisotopic (exact) mass is 262 g/mol. The highest BCUT2D eigenvalue weighted by molar-refractivity contribution is 5.44. The maximum atomic E-state index is 5.91. The SMILES string of the molecule is CCOc1cc(C(C)(C)CC)ccc1C(C)(C)CC. The van der Waals surface area contributed by atoms with Gasteiger partial charge in [-0.3, -0.25) is 0 Å². The van der Waals surface area contributed by atoms with Gasteiger partial charge in [0.15, 0.2) is 0 Å². The Balaban J connectivity index is 3.30. The van der Waals surface area contributed by atoms with Crippen molar-refractivity contribution in [3.63, 3.8) is 0 Å². The van der Waals surface area contributed by atoms with Crippen LogP contribution in [0.2, 0.25) is 0 Å². The lowest BCUT2D eigenvalue weighted by atomic mass is 9.77. The lowest BCUT2D eigenvalue weighted by Crippen LogP contribution is -2.20. The minimum Gasteiger partial charge on any atom is -0.494 e. The minimum absolute atomic E-state index is 0.166. The van der Waals surface area contributed by atoms with Crippen LogP contribution in [0.4, 0.5) is 0 Å². The summed E-state index contributed by atoms with van der Waals surface area (Å²) in [5.74, 6) is 1.06. The number of rotatable bonds is 6. The molecular weight excluding hydrogens is 232 g/mol. The summed E-state index contributed by atoms with van der Waals surface area (Å²) in [6, 6.07) is 6.79. The number of hydrogen-bond donors (Lipinski definition) is 0. The van der Waals surface area contributed by atoms with Crippen LogP contribution >= 0.6 is 0 Å². The first kappa shape index (κ1) is 16.1. The topological polar surface area (TPSA) is 9.23 Å². The molecule has 0 fully saturated rings. The summed E-state index contributed by atoms with van der Waals surface area (Å²) in [5.41, 5.74) is 3.07. The molecule has 0 spiro atoms. The van der Waals surface area contributed by atoms with Crippen LogP contribution in [0.5, 0.6) is 5.75 Å². The average molecular weight is 262 g/mol. The Hall–Kier alpha value is -0.980.